The summed E-state index contributed by atoms with van der Waals surface area (Å²) >= 11 is 0. The molecule has 3 aromatic heterocycles. The summed E-state index contributed by atoms with van der Waals surface area (Å²) in [6.07, 6.45) is 5.18. The molecule has 0 bridgehead atoms. The molecule has 3 N–H and O–H groups in total. The average Bonchev–Trinajstić information content (AvgIpc) is 3.45. The van der Waals surface area contributed by atoms with Crippen molar-refractivity contribution in [3.8, 4) is 5.88 Å². The third-order valence-corrected chi connectivity index (χ3v) is 10.2. The molecule has 0 saturated heterocycles. The van der Waals surface area contributed by atoms with E-state index in [-0.39, 0.29) is 29.3 Å². The van der Waals surface area contributed by atoms with E-state index >= 15 is 0 Å². The Morgan fingerprint density at radius 2 is 1.89 bits per heavy atom. The first kappa shape index (κ1) is 31.4. The van der Waals surface area contributed by atoms with E-state index < -0.39 is 10.8 Å². The van der Waals surface area contributed by atoms with Gasteiger partial charge in [0.25, 0.3) is 0 Å². The van der Waals surface area contributed by atoms with Crippen LogP contribution in [0.4, 0.5) is 5.82 Å². The Hall–Kier alpha value is -4.62. The molecule has 4 heterocycles. The van der Waals surface area contributed by atoms with Gasteiger partial charge in [-0.15, -0.1) is 15.9 Å². The Bertz CT molecular complexity index is 1930. The number of aryl methyl sites for hydroxylation is 3. The number of hydrogen-bond donors (Lipinski definition) is 3. The van der Waals surface area contributed by atoms with Crippen LogP contribution >= 0.6 is 10.8 Å². The van der Waals surface area contributed by atoms with Gasteiger partial charge in [0.15, 0.2) is 0 Å². The summed E-state index contributed by atoms with van der Waals surface area (Å²) in [5, 5.41) is 11.6. The normalized spacial score (nSPS) is 17.2. The molecule has 238 valence electrons. The maximum absolute atomic E-state index is 13.4. The van der Waals surface area contributed by atoms with Crippen LogP contribution in [0.1, 0.15) is 48.1 Å². The number of carbonyl (C=O) groups excluding carboxylic acids is 1. The fraction of sp³-hybridized carbons (Fsp3) is 0.265. The van der Waals surface area contributed by atoms with Gasteiger partial charge in [0.1, 0.15) is 22.3 Å². The van der Waals surface area contributed by atoms with Gasteiger partial charge in [-0.2, -0.15) is 4.31 Å². The zero-order chi connectivity index (χ0) is 32.4. The highest BCUT2D eigenvalue weighted by molar-refractivity contribution is 8.22. The van der Waals surface area contributed by atoms with Crippen LogP contribution in [-0.2, 0) is 17.9 Å². The number of benzene rings is 2. The van der Waals surface area contributed by atoms with Gasteiger partial charge >= 0.3 is 0 Å². The van der Waals surface area contributed by atoms with Crippen LogP contribution in [0, 0.1) is 13.8 Å². The van der Waals surface area contributed by atoms with Crippen molar-refractivity contribution in [3.05, 3.63) is 107 Å². The highest BCUT2D eigenvalue weighted by atomic mass is 32.3. The number of hydrogen-bond acceptors (Lipinski definition) is 9. The fourth-order valence-corrected chi connectivity index (χ4v) is 7.21. The summed E-state index contributed by atoms with van der Waals surface area (Å²) in [5.41, 5.74) is 6.74. The minimum Gasteiger partial charge on any atom is -0.472 e. The molecular weight excluding hydrogens is 602 g/mol. The lowest BCUT2D eigenvalue weighted by atomic mass is 9.91. The molecule has 11 nitrogen and oxygen atoms in total. The second-order valence-corrected chi connectivity index (χ2v) is 13.2. The van der Waals surface area contributed by atoms with Crippen molar-refractivity contribution in [1.29, 1.82) is 0 Å². The summed E-state index contributed by atoms with van der Waals surface area (Å²) in [4.78, 5) is 22.2. The molecule has 6 rings (SSSR count). The molecule has 0 unspecified atom stereocenters. The zero-order valence-electron chi connectivity index (χ0n) is 26.2. The van der Waals surface area contributed by atoms with Crippen molar-refractivity contribution in [3.63, 3.8) is 0 Å². The first-order chi connectivity index (χ1) is 22.2. The van der Waals surface area contributed by atoms with E-state index in [0.29, 0.717) is 30.9 Å². The molecule has 1 amide bonds. The number of rotatable bonds is 8. The van der Waals surface area contributed by atoms with Crippen LogP contribution in [-0.4, -0.2) is 56.9 Å². The lowest BCUT2D eigenvalue weighted by Gasteiger charge is -2.41. The molecule has 0 aliphatic carbocycles. The average molecular weight is 640 g/mol. The molecule has 12 heteroatoms. The zero-order valence-corrected chi connectivity index (χ0v) is 27.0. The van der Waals surface area contributed by atoms with Crippen LogP contribution in [0.2, 0.25) is 0 Å². The summed E-state index contributed by atoms with van der Waals surface area (Å²) in [5.74, 6) is 0.359. The number of nitrogens with one attached hydrogen (secondary N) is 1. The first-order valence-electron chi connectivity index (χ1n) is 15.2. The number of fused-ring (bicyclic) bond motifs is 2. The number of nitrogens with zero attached hydrogens (tertiary/aromatic N) is 6. The van der Waals surface area contributed by atoms with Gasteiger partial charge in [-0.1, -0.05) is 36.4 Å². The summed E-state index contributed by atoms with van der Waals surface area (Å²) in [6, 6.07) is 18.6. The largest absolute Gasteiger partial charge is 0.472 e. The molecule has 1 aliphatic heterocycles. The van der Waals surface area contributed by atoms with E-state index in [1.54, 1.807) is 47.0 Å². The Morgan fingerprint density at radius 1 is 1.07 bits per heavy atom. The fourth-order valence-electron chi connectivity index (χ4n) is 5.64. The van der Waals surface area contributed by atoms with Crippen molar-refractivity contribution >= 4 is 39.1 Å². The predicted octanol–water partition coefficient (Wildman–Crippen LogP) is 6.63. The SMILES string of the molecule is CC[C@@H]1CN(Cc2cc(/C(=C/C(=O)Nc3ccccn3)c3ccc4c(nnn4CC)c3C)ccc2C)S(O)(O)c2cccnc2O1. The van der Waals surface area contributed by atoms with Crippen molar-refractivity contribution in [1.82, 2.24) is 29.3 Å². The minimum absolute atomic E-state index is 0.243. The van der Waals surface area contributed by atoms with Crippen molar-refractivity contribution < 1.29 is 18.6 Å². The van der Waals surface area contributed by atoms with E-state index in [1.807, 2.05) is 68.8 Å². The molecule has 1 atom stereocenters. The smallest absolute Gasteiger partial charge is 0.250 e. The van der Waals surface area contributed by atoms with Crippen molar-refractivity contribution in [2.45, 2.75) is 58.2 Å². The highest BCUT2D eigenvalue weighted by Crippen LogP contribution is 2.57. The minimum atomic E-state index is -3.40. The number of pyridine rings is 2. The third-order valence-electron chi connectivity index (χ3n) is 8.26. The van der Waals surface area contributed by atoms with E-state index in [0.717, 1.165) is 38.9 Å². The molecule has 2 aromatic carbocycles. The second-order valence-electron chi connectivity index (χ2n) is 11.2. The Morgan fingerprint density at radius 3 is 2.65 bits per heavy atom. The van der Waals surface area contributed by atoms with Crippen LogP contribution in [0.15, 0.2) is 84.0 Å². The topological polar surface area (TPSA) is 139 Å². The standard InChI is InChI=1S/C34H37N7O4S/c1-5-26-21-40(46(43,44)30-10-9-17-36-34(30)45-26)20-25-18-24(13-12-22(25)3)28(19-32(42)37-31-11-7-8-16-35-31)27-14-15-29-33(23(27)4)38-39-41(29)6-2/h7-19,26,43-44H,5-6,20-21H2,1-4H3,(H,35,37,42)/b28-19-/t26-/m1/s1. The lowest BCUT2D eigenvalue weighted by molar-refractivity contribution is -0.111. The third kappa shape index (κ3) is 6.12. The van der Waals surface area contributed by atoms with Crippen LogP contribution in [0.3, 0.4) is 0 Å². The molecule has 0 radical (unpaired) electrons. The maximum Gasteiger partial charge on any atom is 0.250 e. The lowest BCUT2D eigenvalue weighted by Crippen LogP contribution is -2.34. The Balaban J connectivity index is 1.43. The Labute approximate surface area is 269 Å². The van der Waals surface area contributed by atoms with Gasteiger partial charge in [-0.05, 0) is 97.0 Å². The van der Waals surface area contributed by atoms with Crippen LogP contribution < -0.4 is 10.1 Å². The maximum atomic E-state index is 13.4. The van der Waals surface area contributed by atoms with E-state index in [1.165, 1.54) is 0 Å². The monoisotopic (exact) mass is 639 g/mol. The number of ether oxygens (including phenoxy) is 1. The van der Waals surface area contributed by atoms with Gasteiger partial charge in [-0.25, -0.2) is 14.6 Å². The van der Waals surface area contributed by atoms with Gasteiger partial charge in [-0.3, -0.25) is 13.9 Å². The van der Waals surface area contributed by atoms with E-state index in [2.05, 4.69) is 25.6 Å². The summed E-state index contributed by atoms with van der Waals surface area (Å²) < 4.78 is 32.7. The Kier molecular flexibility index (Phi) is 8.87. The molecule has 0 fully saturated rings. The van der Waals surface area contributed by atoms with Crippen LogP contribution in [0.25, 0.3) is 16.6 Å². The predicted molar refractivity (Wildman–Crippen MR) is 180 cm³/mol. The summed E-state index contributed by atoms with van der Waals surface area (Å²) in [7, 11) is -3.40. The molecule has 0 spiro atoms. The van der Waals surface area contributed by atoms with Gasteiger partial charge in [0, 0.05) is 31.6 Å². The van der Waals surface area contributed by atoms with Crippen LogP contribution in [0.5, 0.6) is 5.88 Å². The molecular formula is C34H37N7O4S. The molecule has 5 aromatic rings. The molecule has 46 heavy (non-hydrogen) atoms. The van der Waals surface area contributed by atoms with E-state index in [4.69, 9.17) is 4.74 Å². The van der Waals surface area contributed by atoms with Crippen molar-refractivity contribution in [2.75, 3.05) is 11.9 Å². The van der Waals surface area contributed by atoms with E-state index in [9.17, 15) is 13.9 Å². The molecule has 1 aliphatic rings. The highest BCUT2D eigenvalue weighted by Gasteiger charge is 2.35. The summed E-state index contributed by atoms with van der Waals surface area (Å²) in [6.45, 7) is 9.22. The van der Waals surface area contributed by atoms with Crippen molar-refractivity contribution in [2.24, 2.45) is 0 Å². The van der Waals surface area contributed by atoms with Gasteiger partial charge < -0.3 is 10.1 Å². The van der Waals surface area contributed by atoms with Gasteiger partial charge in [0.2, 0.25) is 11.8 Å². The van der Waals surface area contributed by atoms with Gasteiger partial charge in [0.05, 0.1) is 12.1 Å². The number of anilines is 1. The number of amides is 1. The second kappa shape index (κ2) is 13.0. The number of carbonyl (C=O) groups is 1. The quantitative estimate of drug-likeness (QED) is 0.160. The first-order valence-corrected chi connectivity index (χ1v) is 16.7. The molecule has 0 saturated carbocycles. The number of aromatic nitrogens is 5.